The number of carbonyl (C=O) groups is 1. The van der Waals surface area contributed by atoms with Gasteiger partial charge < -0.3 is 4.90 Å². The Bertz CT molecular complexity index is 1350. The van der Waals surface area contributed by atoms with Crippen molar-refractivity contribution >= 4 is 17.1 Å². The van der Waals surface area contributed by atoms with Crippen LogP contribution < -0.4 is 5.69 Å². The van der Waals surface area contributed by atoms with Crippen molar-refractivity contribution < 1.29 is 4.79 Å². The molecule has 2 aromatic carbocycles. The molecule has 6 nitrogen and oxygen atoms in total. The van der Waals surface area contributed by atoms with Crippen LogP contribution in [0.15, 0.2) is 71.7 Å². The van der Waals surface area contributed by atoms with Crippen molar-refractivity contribution in [2.75, 3.05) is 13.1 Å². The molecule has 0 saturated carbocycles. The summed E-state index contributed by atoms with van der Waals surface area (Å²) in [6, 6.07) is 19.6. The Labute approximate surface area is 186 Å². The average molecular weight is 427 g/mol. The first-order chi connectivity index (χ1) is 15.5. The zero-order chi connectivity index (χ0) is 22.2. The molecule has 32 heavy (non-hydrogen) atoms. The van der Waals surface area contributed by atoms with Gasteiger partial charge in [-0.2, -0.15) is 0 Å². The average Bonchev–Trinajstić information content (AvgIpc) is 3.37. The largest absolute Gasteiger partial charge is 0.336 e. The number of aryl methyl sites for hydroxylation is 2. The molecule has 5 rings (SSSR count). The van der Waals surface area contributed by atoms with Crippen LogP contribution in [-0.2, 0) is 6.54 Å². The molecule has 0 unspecified atom stereocenters. The summed E-state index contributed by atoms with van der Waals surface area (Å²) in [5, 5.41) is 0. The lowest BCUT2D eigenvalue weighted by molar-refractivity contribution is 0.0787. The number of amides is 1. The van der Waals surface area contributed by atoms with Gasteiger partial charge in [0, 0.05) is 24.8 Å². The highest BCUT2D eigenvalue weighted by Crippen LogP contribution is 2.26. The number of likely N-dealkylation sites (tertiary alicyclic amines) is 1. The van der Waals surface area contributed by atoms with E-state index in [9.17, 15) is 9.59 Å². The number of fused-ring (bicyclic) bond motifs is 1. The Kier molecular flexibility index (Phi) is 5.13. The predicted molar refractivity (Wildman–Crippen MR) is 125 cm³/mol. The van der Waals surface area contributed by atoms with Gasteiger partial charge in [0.25, 0.3) is 5.91 Å². The van der Waals surface area contributed by atoms with Crippen molar-refractivity contribution in [3.05, 3.63) is 99.6 Å². The number of rotatable bonds is 4. The molecule has 1 aliphatic rings. The molecule has 1 aliphatic heterocycles. The second-order valence-electron chi connectivity index (χ2n) is 8.58. The number of imidazole rings is 1. The zero-order valence-corrected chi connectivity index (χ0v) is 18.4. The number of hydrogen-bond donors (Lipinski definition) is 0. The normalized spacial score (nSPS) is 16.1. The minimum Gasteiger partial charge on any atom is -0.336 e. The summed E-state index contributed by atoms with van der Waals surface area (Å²) in [5.74, 6) is 0.0269. The number of aromatic nitrogens is 3. The molecule has 0 radical (unpaired) electrons. The van der Waals surface area contributed by atoms with E-state index in [2.05, 4.69) is 4.98 Å². The van der Waals surface area contributed by atoms with Crippen molar-refractivity contribution in [2.45, 2.75) is 32.9 Å². The molecular formula is C26H26N4O2. The smallest absolute Gasteiger partial charge is 0.330 e. The van der Waals surface area contributed by atoms with Crippen molar-refractivity contribution in [1.29, 1.82) is 0 Å². The Balaban J connectivity index is 1.47. The van der Waals surface area contributed by atoms with E-state index in [-0.39, 0.29) is 17.6 Å². The number of nitrogens with zero attached hydrogens (tertiary/aromatic N) is 4. The summed E-state index contributed by atoms with van der Waals surface area (Å²) >= 11 is 0. The Morgan fingerprint density at radius 3 is 2.66 bits per heavy atom. The lowest BCUT2D eigenvalue weighted by Gasteiger charge is -2.18. The lowest BCUT2D eigenvalue weighted by Crippen LogP contribution is -2.32. The van der Waals surface area contributed by atoms with Crippen LogP contribution in [0.3, 0.4) is 0 Å². The minimum absolute atomic E-state index is 0.0269. The molecule has 1 amide bonds. The van der Waals surface area contributed by atoms with Crippen molar-refractivity contribution in [2.24, 2.45) is 0 Å². The molecule has 0 aliphatic carbocycles. The van der Waals surface area contributed by atoms with E-state index in [1.807, 2.05) is 79.4 Å². The number of carbonyl (C=O) groups excluding carboxylic acids is 1. The van der Waals surface area contributed by atoms with E-state index in [0.717, 1.165) is 34.2 Å². The first-order valence-corrected chi connectivity index (χ1v) is 11.0. The molecule has 0 N–H and O–H groups in total. The molecule has 1 saturated heterocycles. The van der Waals surface area contributed by atoms with Gasteiger partial charge in [0.2, 0.25) is 0 Å². The van der Waals surface area contributed by atoms with Crippen LogP contribution in [0, 0.1) is 13.8 Å². The third-order valence-electron chi connectivity index (χ3n) is 6.33. The lowest BCUT2D eigenvalue weighted by atomic mass is 10.0. The first-order valence-electron chi connectivity index (χ1n) is 11.0. The standard InChI is InChI=1S/C26H26N4O2/c1-18-10-11-22(19(2)15-18)25(31)28-14-12-21(17-28)30-24-23(9-6-13-27-24)29(26(30)32)16-20-7-4-3-5-8-20/h3-11,13,15,21H,12,14,16-17H2,1-2H3/t21-/m1/s1. The van der Waals surface area contributed by atoms with E-state index in [1.54, 1.807) is 15.3 Å². The van der Waals surface area contributed by atoms with Crippen LogP contribution in [-0.4, -0.2) is 38.0 Å². The van der Waals surface area contributed by atoms with Gasteiger partial charge in [-0.05, 0) is 49.6 Å². The highest BCUT2D eigenvalue weighted by atomic mass is 16.2. The minimum atomic E-state index is -0.0911. The molecule has 6 heteroatoms. The summed E-state index contributed by atoms with van der Waals surface area (Å²) in [7, 11) is 0. The fourth-order valence-electron chi connectivity index (χ4n) is 4.72. The molecule has 3 heterocycles. The molecule has 1 fully saturated rings. The van der Waals surface area contributed by atoms with Gasteiger partial charge in [-0.1, -0.05) is 48.0 Å². The molecular weight excluding hydrogens is 400 g/mol. The molecule has 4 aromatic rings. The van der Waals surface area contributed by atoms with Gasteiger partial charge in [0.1, 0.15) is 0 Å². The van der Waals surface area contributed by atoms with Gasteiger partial charge in [-0.15, -0.1) is 0 Å². The maximum Gasteiger partial charge on any atom is 0.330 e. The second kappa shape index (κ2) is 8.11. The Morgan fingerprint density at radius 1 is 1.06 bits per heavy atom. The molecule has 0 bridgehead atoms. The molecule has 0 spiro atoms. The highest BCUT2D eigenvalue weighted by Gasteiger charge is 2.31. The summed E-state index contributed by atoms with van der Waals surface area (Å²) in [6.45, 7) is 5.62. The first kappa shape index (κ1) is 20.2. The van der Waals surface area contributed by atoms with Crippen LogP contribution in [0.25, 0.3) is 11.2 Å². The number of benzene rings is 2. The number of pyridine rings is 1. The van der Waals surface area contributed by atoms with Gasteiger partial charge in [-0.3, -0.25) is 13.9 Å². The molecule has 1 atom stereocenters. The van der Waals surface area contributed by atoms with E-state index in [1.165, 1.54) is 0 Å². The van der Waals surface area contributed by atoms with Gasteiger partial charge >= 0.3 is 5.69 Å². The van der Waals surface area contributed by atoms with E-state index in [0.29, 0.717) is 25.3 Å². The highest BCUT2D eigenvalue weighted by molar-refractivity contribution is 5.96. The summed E-state index contributed by atoms with van der Waals surface area (Å²) in [6.07, 6.45) is 2.45. The SMILES string of the molecule is Cc1ccc(C(=O)N2CC[C@@H](n3c(=O)n(Cc4ccccc4)c4cccnc43)C2)c(C)c1. The van der Waals surface area contributed by atoms with E-state index < -0.39 is 0 Å². The third kappa shape index (κ3) is 3.51. The van der Waals surface area contributed by atoms with Gasteiger partial charge in [-0.25, -0.2) is 9.78 Å². The fourth-order valence-corrected chi connectivity index (χ4v) is 4.72. The zero-order valence-electron chi connectivity index (χ0n) is 18.4. The van der Waals surface area contributed by atoms with Crippen molar-refractivity contribution in [3.63, 3.8) is 0 Å². The van der Waals surface area contributed by atoms with Crippen LogP contribution in [0.1, 0.15) is 39.5 Å². The summed E-state index contributed by atoms with van der Waals surface area (Å²) in [5.41, 5.74) is 5.34. The quantitative estimate of drug-likeness (QED) is 0.496. The predicted octanol–water partition coefficient (Wildman–Crippen LogP) is 3.95. The third-order valence-corrected chi connectivity index (χ3v) is 6.33. The second-order valence-corrected chi connectivity index (χ2v) is 8.58. The van der Waals surface area contributed by atoms with Gasteiger partial charge in [0.15, 0.2) is 5.65 Å². The van der Waals surface area contributed by atoms with Crippen LogP contribution in [0.5, 0.6) is 0 Å². The van der Waals surface area contributed by atoms with Gasteiger partial charge in [0.05, 0.1) is 18.1 Å². The summed E-state index contributed by atoms with van der Waals surface area (Å²) in [4.78, 5) is 33.1. The maximum atomic E-state index is 13.5. The van der Waals surface area contributed by atoms with E-state index in [4.69, 9.17) is 0 Å². The van der Waals surface area contributed by atoms with Crippen LogP contribution in [0.4, 0.5) is 0 Å². The van der Waals surface area contributed by atoms with Crippen molar-refractivity contribution in [1.82, 2.24) is 19.0 Å². The van der Waals surface area contributed by atoms with Crippen LogP contribution in [0.2, 0.25) is 0 Å². The molecule has 2 aromatic heterocycles. The Morgan fingerprint density at radius 2 is 1.88 bits per heavy atom. The summed E-state index contributed by atoms with van der Waals surface area (Å²) < 4.78 is 3.57. The fraction of sp³-hybridized carbons (Fsp3) is 0.269. The van der Waals surface area contributed by atoms with Crippen LogP contribution >= 0.6 is 0 Å². The topological polar surface area (TPSA) is 60.1 Å². The maximum absolute atomic E-state index is 13.5. The number of hydrogen-bond acceptors (Lipinski definition) is 3. The monoisotopic (exact) mass is 426 g/mol. The van der Waals surface area contributed by atoms with Crippen molar-refractivity contribution in [3.8, 4) is 0 Å². The molecule has 162 valence electrons. The van der Waals surface area contributed by atoms with E-state index >= 15 is 0 Å². The Hall–Kier alpha value is -3.67.